The maximum Gasteiger partial charge on any atom is 0.352 e. The third-order valence-corrected chi connectivity index (χ3v) is 6.46. The fourth-order valence-electron chi connectivity index (χ4n) is 4.95. The summed E-state index contributed by atoms with van der Waals surface area (Å²) in [5.74, 6) is -1.33. The van der Waals surface area contributed by atoms with Gasteiger partial charge in [0.15, 0.2) is 0 Å². The lowest BCUT2D eigenvalue weighted by molar-refractivity contribution is 0.0684. The van der Waals surface area contributed by atoms with Crippen LogP contribution in [-0.2, 0) is 19.5 Å². The molecule has 4 aromatic rings. The molecule has 0 saturated carbocycles. The van der Waals surface area contributed by atoms with E-state index < -0.39 is 5.97 Å². The molecule has 0 unspecified atom stereocenters. The van der Waals surface area contributed by atoms with Crippen LogP contribution in [-0.4, -0.2) is 15.6 Å². The quantitative estimate of drug-likeness (QED) is 0.415. The Morgan fingerprint density at radius 1 is 1.03 bits per heavy atom. The summed E-state index contributed by atoms with van der Waals surface area (Å²) < 4.78 is 16.1. The zero-order valence-corrected chi connectivity index (χ0v) is 17.7. The van der Waals surface area contributed by atoms with Crippen molar-refractivity contribution in [1.29, 1.82) is 0 Å². The number of benzene rings is 3. The SMILES string of the molecule is O=C(O)c1c(CN[C@@H]2CCCc3ccccc32)c2ccccc2n1Cc1ccccc1F. The van der Waals surface area contributed by atoms with E-state index in [0.717, 1.165) is 35.7 Å². The van der Waals surface area contributed by atoms with Crippen LogP contribution in [0.5, 0.6) is 0 Å². The van der Waals surface area contributed by atoms with Crippen LogP contribution in [0, 0.1) is 5.82 Å². The van der Waals surface area contributed by atoms with Crippen molar-refractivity contribution in [2.24, 2.45) is 0 Å². The van der Waals surface area contributed by atoms with Crippen LogP contribution in [0.3, 0.4) is 0 Å². The molecule has 0 fully saturated rings. The first-order valence-electron chi connectivity index (χ1n) is 11.0. The Bertz CT molecular complexity index is 1290. The number of nitrogens with one attached hydrogen (secondary N) is 1. The van der Waals surface area contributed by atoms with Gasteiger partial charge in [0, 0.05) is 34.6 Å². The lowest BCUT2D eigenvalue weighted by atomic mass is 9.87. The normalized spacial score (nSPS) is 15.6. The smallest absolute Gasteiger partial charge is 0.352 e. The van der Waals surface area contributed by atoms with Crippen LogP contribution in [0.15, 0.2) is 72.8 Å². The number of aromatic nitrogens is 1. The van der Waals surface area contributed by atoms with Gasteiger partial charge in [0.2, 0.25) is 0 Å². The van der Waals surface area contributed by atoms with E-state index in [4.69, 9.17) is 0 Å². The van der Waals surface area contributed by atoms with E-state index in [2.05, 4.69) is 29.6 Å². The monoisotopic (exact) mass is 428 g/mol. The summed E-state index contributed by atoms with van der Waals surface area (Å²) in [6, 6.07) is 22.8. The number of para-hydroxylation sites is 1. The number of halogens is 1. The predicted octanol–water partition coefficient (Wildman–Crippen LogP) is 5.69. The number of carboxylic acid groups (broad SMARTS) is 1. The highest BCUT2D eigenvalue weighted by Gasteiger charge is 2.25. The minimum Gasteiger partial charge on any atom is -0.477 e. The van der Waals surface area contributed by atoms with E-state index in [1.807, 2.05) is 24.3 Å². The first kappa shape index (κ1) is 20.5. The summed E-state index contributed by atoms with van der Waals surface area (Å²) >= 11 is 0. The van der Waals surface area contributed by atoms with Gasteiger partial charge in [-0.15, -0.1) is 0 Å². The molecule has 0 amide bonds. The van der Waals surface area contributed by atoms with Crippen LogP contribution in [0.1, 0.15) is 51.6 Å². The van der Waals surface area contributed by atoms with Gasteiger partial charge < -0.3 is 15.0 Å². The van der Waals surface area contributed by atoms with Crippen molar-refractivity contribution in [1.82, 2.24) is 9.88 Å². The van der Waals surface area contributed by atoms with E-state index >= 15 is 0 Å². The Kier molecular flexibility index (Phi) is 5.50. The third-order valence-electron chi connectivity index (χ3n) is 6.46. The number of hydrogen-bond donors (Lipinski definition) is 2. The minimum absolute atomic E-state index is 0.168. The molecule has 1 heterocycles. The number of nitrogens with zero attached hydrogens (tertiary/aromatic N) is 1. The van der Waals surface area contributed by atoms with Crippen molar-refractivity contribution in [2.45, 2.75) is 38.4 Å². The zero-order chi connectivity index (χ0) is 22.1. The molecule has 0 saturated heterocycles. The van der Waals surface area contributed by atoms with Crippen LogP contribution in [0.2, 0.25) is 0 Å². The van der Waals surface area contributed by atoms with Gasteiger partial charge in [-0.25, -0.2) is 9.18 Å². The van der Waals surface area contributed by atoms with Gasteiger partial charge in [-0.05, 0) is 42.5 Å². The molecule has 1 atom stereocenters. The topological polar surface area (TPSA) is 54.3 Å². The third kappa shape index (κ3) is 3.69. The molecule has 0 bridgehead atoms. The average molecular weight is 429 g/mol. The second kappa shape index (κ2) is 8.60. The van der Waals surface area contributed by atoms with Crippen molar-refractivity contribution >= 4 is 16.9 Å². The number of hydrogen-bond acceptors (Lipinski definition) is 2. The Morgan fingerprint density at radius 3 is 2.62 bits per heavy atom. The van der Waals surface area contributed by atoms with Gasteiger partial charge in [0.05, 0.1) is 6.54 Å². The van der Waals surface area contributed by atoms with Gasteiger partial charge in [-0.3, -0.25) is 0 Å². The van der Waals surface area contributed by atoms with Gasteiger partial charge in [0.25, 0.3) is 0 Å². The molecule has 0 aliphatic heterocycles. The van der Waals surface area contributed by atoms with Crippen LogP contribution < -0.4 is 5.32 Å². The van der Waals surface area contributed by atoms with Crippen molar-refractivity contribution < 1.29 is 14.3 Å². The molecule has 3 aromatic carbocycles. The number of aromatic carboxylic acids is 1. The Balaban J connectivity index is 1.54. The number of carboxylic acids is 1. The predicted molar refractivity (Wildman–Crippen MR) is 123 cm³/mol. The summed E-state index contributed by atoms with van der Waals surface area (Å²) in [4.78, 5) is 12.4. The summed E-state index contributed by atoms with van der Waals surface area (Å²) in [7, 11) is 0. The summed E-state index contributed by atoms with van der Waals surface area (Å²) in [6.07, 6.45) is 3.21. The summed E-state index contributed by atoms with van der Waals surface area (Å²) in [5, 5.41) is 14.7. The van der Waals surface area contributed by atoms with E-state index in [-0.39, 0.29) is 24.1 Å². The summed E-state index contributed by atoms with van der Waals surface area (Å²) in [6.45, 7) is 0.604. The Labute approximate surface area is 186 Å². The standard InChI is InChI=1S/C27H25FN2O2/c28-23-13-5-2-9-19(23)17-30-25-15-6-4-12-21(25)22(26(30)27(31)32)16-29-24-14-7-10-18-8-1-3-11-20(18)24/h1-6,8-9,11-13,15,24,29H,7,10,14,16-17H2,(H,31,32)/t24-/m1/s1. The molecule has 0 spiro atoms. The molecule has 32 heavy (non-hydrogen) atoms. The first-order chi connectivity index (χ1) is 15.6. The fraction of sp³-hybridized carbons (Fsp3) is 0.222. The molecule has 1 aromatic heterocycles. The molecule has 5 rings (SSSR count). The van der Waals surface area contributed by atoms with Crippen LogP contribution in [0.4, 0.5) is 4.39 Å². The molecule has 1 aliphatic carbocycles. The Hall–Kier alpha value is -3.44. The highest BCUT2D eigenvalue weighted by Crippen LogP contribution is 2.32. The highest BCUT2D eigenvalue weighted by molar-refractivity contribution is 5.98. The second-order valence-electron chi connectivity index (χ2n) is 8.35. The lowest BCUT2D eigenvalue weighted by Gasteiger charge is -2.26. The lowest BCUT2D eigenvalue weighted by Crippen LogP contribution is -2.25. The number of rotatable bonds is 6. The van der Waals surface area contributed by atoms with E-state index in [0.29, 0.717) is 12.1 Å². The van der Waals surface area contributed by atoms with E-state index in [9.17, 15) is 14.3 Å². The fourth-order valence-corrected chi connectivity index (χ4v) is 4.95. The van der Waals surface area contributed by atoms with Gasteiger partial charge >= 0.3 is 5.97 Å². The maximum absolute atomic E-state index is 14.4. The van der Waals surface area contributed by atoms with Crippen molar-refractivity contribution in [3.63, 3.8) is 0 Å². The Morgan fingerprint density at radius 2 is 1.78 bits per heavy atom. The molecule has 0 radical (unpaired) electrons. The number of carbonyl (C=O) groups is 1. The van der Waals surface area contributed by atoms with Crippen molar-refractivity contribution in [2.75, 3.05) is 0 Å². The average Bonchev–Trinajstić information content (AvgIpc) is 3.13. The van der Waals surface area contributed by atoms with Crippen molar-refractivity contribution in [3.8, 4) is 0 Å². The molecule has 4 nitrogen and oxygen atoms in total. The zero-order valence-electron chi connectivity index (χ0n) is 17.7. The van der Waals surface area contributed by atoms with Crippen molar-refractivity contribution in [3.05, 3.63) is 107 Å². The van der Waals surface area contributed by atoms with E-state index in [1.54, 1.807) is 22.8 Å². The number of fused-ring (bicyclic) bond motifs is 2. The molecule has 5 heteroatoms. The largest absolute Gasteiger partial charge is 0.477 e. The van der Waals surface area contributed by atoms with Gasteiger partial charge in [0.1, 0.15) is 11.5 Å². The van der Waals surface area contributed by atoms with Gasteiger partial charge in [-0.1, -0.05) is 60.7 Å². The van der Waals surface area contributed by atoms with Crippen LogP contribution in [0.25, 0.3) is 10.9 Å². The maximum atomic E-state index is 14.4. The molecule has 162 valence electrons. The van der Waals surface area contributed by atoms with Gasteiger partial charge in [-0.2, -0.15) is 0 Å². The van der Waals surface area contributed by atoms with Crippen LogP contribution >= 0.6 is 0 Å². The summed E-state index contributed by atoms with van der Waals surface area (Å²) in [5.41, 5.74) is 4.88. The minimum atomic E-state index is -1.00. The first-order valence-corrected chi connectivity index (χ1v) is 11.0. The second-order valence-corrected chi connectivity index (χ2v) is 8.35. The molecule has 1 aliphatic rings. The molecular formula is C27H25FN2O2. The van der Waals surface area contributed by atoms with E-state index in [1.165, 1.54) is 17.2 Å². The molecule has 2 N–H and O–H groups in total. The molecular weight excluding hydrogens is 403 g/mol. The number of aryl methyl sites for hydroxylation is 1. The highest BCUT2D eigenvalue weighted by atomic mass is 19.1.